The second-order valence-corrected chi connectivity index (χ2v) is 4.76. The summed E-state index contributed by atoms with van der Waals surface area (Å²) in [5, 5.41) is 4.18. The molecule has 0 bridgehead atoms. The van der Waals surface area contributed by atoms with Crippen LogP contribution >= 0.6 is 11.5 Å². The molecule has 2 rings (SSSR count). The number of likely N-dealkylation sites (N-methyl/N-ethyl adjacent to an activating group) is 1. The van der Waals surface area contributed by atoms with Gasteiger partial charge in [0.15, 0.2) is 0 Å². The number of hydrogen-bond donors (Lipinski definition) is 1. The Bertz CT molecular complexity index is 330. The Hall–Kier alpha value is -0.720. The zero-order chi connectivity index (χ0) is 11.4. The van der Waals surface area contributed by atoms with Crippen LogP contribution in [0.5, 0.6) is 0 Å². The van der Waals surface area contributed by atoms with Crippen LogP contribution in [0.25, 0.3) is 0 Å². The van der Waals surface area contributed by atoms with Gasteiger partial charge in [-0.1, -0.05) is 6.92 Å². The highest BCUT2D eigenvalue weighted by molar-refractivity contribution is 7.09. The number of morpholine rings is 1. The number of nitrogens with one attached hydrogen (secondary N) is 1. The molecule has 2 heterocycles. The van der Waals surface area contributed by atoms with Gasteiger partial charge in [0.2, 0.25) is 5.13 Å². The molecule has 1 aromatic rings. The quantitative estimate of drug-likeness (QED) is 0.848. The summed E-state index contributed by atoms with van der Waals surface area (Å²) >= 11 is 1.42. The van der Waals surface area contributed by atoms with E-state index in [1.54, 1.807) is 0 Å². The third-order valence-electron chi connectivity index (χ3n) is 2.61. The molecular weight excluding hydrogens is 224 g/mol. The highest BCUT2D eigenvalue weighted by Gasteiger charge is 2.17. The van der Waals surface area contributed by atoms with E-state index in [2.05, 4.69) is 33.5 Å². The van der Waals surface area contributed by atoms with Crippen molar-refractivity contribution in [1.82, 2.24) is 14.3 Å². The predicted octanol–water partition coefficient (Wildman–Crippen LogP) is 0.843. The summed E-state index contributed by atoms with van der Waals surface area (Å²) < 4.78 is 9.89. The minimum absolute atomic E-state index is 0.257. The monoisotopic (exact) mass is 242 g/mol. The van der Waals surface area contributed by atoms with Crippen molar-refractivity contribution < 1.29 is 4.74 Å². The molecule has 1 aliphatic rings. The molecule has 0 spiro atoms. The zero-order valence-corrected chi connectivity index (χ0v) is 10.6. The smallest absolute Gasteiger partial charge is 0.202 e. The van der Waals surface area contributed by atoms with E-state index in [9.17, 15) is 0 Å². The fraction of sp³-hybridized carbons (Fsp3) is 0.800. The van der Waals surface area contributed by atoms with E-state index < -0.39 is 0 Å². The molecule has 1 N–H and O–H groups in total. The topological polar surface area (TPSA) is 50.3 Å². The molecule has 1 saturated heterocycles. The van der Waals surface area contributed by atoms with Crippen molar-refractivity contribution in [2.75, 3.05) is 38.6 Å². The largest absolute Gasteiger partial charge is 0.374 e. The van der Waals surface area contributed by atoms with Crippen LogP contribution in [-0.4, -0.2) is 53.7 Å². The predicted molar refractivity (Wildman–Crippen MR) is 65.0 cm³/mol. The van der Waals surface area contributed by atoms with E-state index in [1.807, 2.05) is 0 Å². The summed E-state index contributed by atoms with van der Waals surface area (Å²) in [6.07, 6.45) is 1.15. The maximum atomic E-state index is 5.66. The first-order valence-electron chi connectivity index (χ1n) is 5.64. The van der Waals surface area contributed by atoms with Crippen LogP contribution in [-0.2, 0) is 11.2 Å². The molecule has 0 aromatic carbocycles. The van der Waals surface area contributed by atoms with Crippen LogP contribution in [0.15, 0.2) is 0 Å². The van der Waals surface area contributed by atoms with Crippen molar-refractivity contribution in [3.63, 3.8) is 0 Å². The molecule has 1 unspecified atom stereocenters. The van der Waals surface area contributed by atoms with Crippen LogP contribution in [0.4, 0.5) is 5.13 Å². The molecule has 0 radical (unpaired) electrons. The Kier molecular flexibility index (Phi) is 4.09. The number of ether oxygens (including phenoxy) is 1. The summed E-state index contributed by atoms with van der Waals surface area (Å²) in [5.41, 5.74) is 0. The van der Waals surface area contributed by atoms with Crippen molar-refractivity contribution in [2.24, 2.45) is 0 Å². The first kappa shape index (κ1) is 11.8. The summed E-state index contributed by atoms with van der Waals surface area (Å²) in [5.74, 6) is 0.911. The van der Waals surface area contributed by atoms with Crippen molar-refractivity contribution in [1.29, 1.82) is 0 Å². The highest BCUT2D eigenvalue weighted by atomic mass is 32.1. The number of hydrogen-bond acceptors (Lipinski definition) is 6. The molecule has 0 aliphatic carbocycles. The van der Waals surface area contributed by atoms with E-state index in [1.165, 1.54) is 11.5 Å². The van der Waals surface area contributed by atoms with Gasteiger partial charge in [-0.25, -0.2) is 4.98 Å². The average molecular weight is 242 g/mol. The van der Waals surface area contributed by atoms with Gasteiger partial charge < -0.3 is 15.0 Å². The van der Waals surface area contributed by atoms with Gasteiger partial charge in [-0.2, -0.15) is 4.37 Å². The molecule has 16 heavy (non-hydrogen) atoms. The van der Waals surface area contributed by atoms with E-state index in [0.29, 0.717) is 0 Å². The molecule has 1 atom stereocenters. The van der Waals surface area contributed by atoms with Gasteiger partial charge in [-0.15, -0.1) is 0 Å². The number of rotatable bonds is 4. The van der Waals surface area contributed by atoms with Gasteiger partial charge in [0.25, 0.3) is 0 Å². The lowest BCUT2D eigenvalue weighted by Gasteiger charge is -2.29. The van der Waals surface area contributed by atoms with Crippen molar-refractivity contribution in [3.8, 4) is 0 Å². The molecule has 0 amide bonds. The molecule has 90 valence electrons. The molecule has 5 nitrogen and oxygen atoms in total. The number of anilines is 1. The van der Waals surface area contributed by atoms with Crippen LogP contribution in [0.2, 0.25) is 0 Å². The van der Waals surface area contributed by atoms with E-state index in [0.717, 1.165) is 43.6 Å². The Morgan fingerprint density at radius 3 is 3.19 bits per heavy atom. The second-order valence-electron chi connectivity index (χ2n) is 4.01. The summed E-state index contributed by atoms with van der Waals surface area (Å²) in [4.78, 5) is 6.64. The summed E-state index contributed by atoms with van der Waals surface area (Å²) in [7, 11) is 2.12. The standard InChI is InChI=1S/C10H18N4OS/c1-3-9-12-10(16-13-9)11-6-8-7-14(2)4-5-15-8/h8H,3-7H2,1-2H3,(H,11,12,13). The number of aromatic nitrogens is 2. The van der Waals surface area contributed by atoms with Gasteiger partial charge in [-0.05, 0) is 7.05 Å². The van der Waals surface area contributed by atoms with Gasteiger partial charge in [0.05, 0.1) is 12.7 Å². The second kappa shape index (κ2) is 5.56. The Labute approximate surface area is 100.0 Å². The SMILES string of the molecule is CCc1nsc(NCC2CN(C)CCO2)n1. The molecule has 1 aliphatic heterocycles. The van der Waals surface area contributed by atoms with Crippen LogP contribution in [0, 0.1) is 0 Å². The van der Waals surface area contributed by atoms with Crippen molar-refractivity contribution in [2.45, 2.75) is 19.4 Å². The number of aryl methyl sites for hydroxylation is 1. The lowest BCUT2D eigenvalue weighted by molar-refractivity contribution is -0.0117. The minimum atomic E-state index is 0.257. The fourth-order valence-corrected chi connectivity index (χ4v) is 2.32. The zero-order valence-electron chi connectivity index (χ0n) is 9.77. The summed E-state index contributed by atoms with van der Waals surface area (Å²) in [6, 6.07) is 0. The molecular formula is C10H18N4OS. The van der Waals surface area contributed by atoms with Crippen molar-refractivity contribution in [3.05, 3.63) is 5.82 Å². The van der Waals surface area contributed by atoms with E-state index >= 15 is 0 Å². The first-order chi connectivity index (χ1) is 7.78. The lowest BCUT2D eigenvalue weighted by Crippen LogP contribution is -2.43. The molecule has 6 heteroatoms. The van der Waals surface area contributed by atoms with E-state index in [4.69, 9.17) is 4.74 Å². The minimum Gasteiger partial charge on any atom is -0.374 e. The van der Waals surface area contributed by atoms with Crippen LogP contribution < -0.4 is 5.32 Å². The Balaban J connectivity index is 1.78. The van der Waals surface area contributed by atoms with Gasteiger partial charge in [0, 0.05) is 37.6 Å². The third-order valence-corrected chi connectivity index (χ3v) is 3.32. The maximum Gasteiger partial charge on any atom is 0.202 e. The van der Waals surface area contributed by atoms with Gasteiger partial charge in [0.1, 0.15) is 5.82 Å². The number of nitrogens with zero attached hydrogens (tertiary/aromatic N) is 3. The normalized spacial score (nSPS) is 22.2. The fourth-order valence-electron chi connectivity index (χ4n) is 1.66. The maximum absolute atomic E-state index is 5.66. The van der Waals surface area contributed by atoms with Crippen LogP contribution in [0.3, 0.4) is 0 Å². The molecule has 0 saturated carbocycles. The molecule has 1 aromatic heterocycles. The lowest BCUT2D eigenvalue weighted by atomic mass is 10.3. The first-order valence-corrected chi connectivity index (χ1v) is 6.42. The highest BCUT2D eigenvalue weighted by Crippen LogP contribution is 2.12. The van der Waals surface area contributed by atoms with Gasteiger partial charge in [-0.3, -0.25) is 0 Å². The Morgan fingerprint density at radius 2 is 2.50 bits per heavy atom. The summed E-state index contributed by atoms with van der Waals surface area (Å²) in [6.45, 7) is 5.69. The van der Waals surface area contributed by atoms with E-state index in [-0.39, 0.29) is 6.10 Å². The molecule has 1 fully saturated rings. The van der Waals surface area contributed by atoms with Crippen molar-refractivity contribution >= 4 is 16.7 Å². The third kappa shape index (κ3) is 3.13. The van der Waals surface area contributed by atoms with Crippen LogP contribution in [0.1, 0.15) is 12.7 Å². The van der Waals surface area contributed by atoms with Gasteiger partial charge >= 0.3 is 0 Å². The average Bonchev–Trinajstić information content (AvgIpc) is 2.74. The Morgan fingerprint density at radius 1 is 1.62 bits per heavy atom.